The Morgan fingerprint density at radius 2 is 2.00 bits per heavy atom. The Labute approximate surface area is 97.8 Å². The summed E-state index contributed by atoms with van der Waals surface area (Å²) in [6.07, 6.45) is 1.17. The summed E-state index contributed by atoms with van der Waals surface area (Å²) in [4.78, 5) is 0. The average molecular weight is 225 g/mol. The van der Waals surface area contributed by atoms with Crippen LogP contribution < -0.4 is 10.5 Å². The maximum absolute atomic E-state index is 5.97. The van der Waals surface area contributed by atoms with E-state index in [-0.39, 0.29) is 6.10 Å². The lowest BCUT2D eigenvalue weighted by Crippen LogP contribution is -2.21. The molecular formula is C12H23N3O. The van der Waals surface area contributed by atoms with E-state index in [1.165, 1.54) is 0 Å². The van der Waals surface area contributed by atoms with Crippen LogP contribution in [0.2, 0.25) is 0 Å². The van der Waals surface area contributed by atoms with Gasteiger partial charge in [-0.2, -0.15) is 5.10 Å². The lowest BCUT2D eigenvalue weighted by Gasteiger charge is -2.19. The maximum Gasteiger partial charge on any atom is 0.236 e. The SMILES string of the molecule is CCCn1nc(C)c(N)c1OC(C)C(C)C. The second-order valence-corrected chi connectivity index (χ2v) is 4.59. The quantitative estimate of drug-likeness (QED) is 0.838. The van der Waals surface area contributed by atoms with E-state index in [1.54, 1.807) is 0 Å². The van der Waals surface area contributed by atoms with Crippen LogP contribution in [-0.2, 0) is 6.54 Å². The van der Waals surface area contributed by atoms with Gasteiger partial charge in [-0.3, -0.25) is 0 Å². The van der Waals surface area contributed by atoms with Gasteiger partial charge in [0.2, 0.25) is 5.88 Å². The number of aryl methyl sites for hydroxylation is 2. The molecular weight excluding hydrogens is 202 g/mol. The first kappa shape index (κ1) is 12.9. The Balaban J connectivity index is 2.92. The molecule has 1 unspecified atom stereocenters. The smallest absolute Gasteiger partial charge is 0.236 e. The predicted molar refractivity (Wildman–Crippen MR) is 66.6 cm³/mol. The molecule has 0 radical (unpaired) electrons. The van der Waals surface area contributed by atoms with Crippen LogP contribution >= 0.6 is 0 Å². The highest BCUT2D eigenvalue weighted by atomic mass is 16.5. The van der Waals surface area contributed by atoms with Gasteiger partial charge in [-0.05, 0) is 26.2 Å². The highest BCUT2D eigenvalue weighted by Crippen LogP contribution is 2.27. The van der Waals surface area contributed by atoms with Crippen LogP contribution in [-0.4, -0.2) is 15.9 Å². The van der Waals surface area contributed by atoms with Gasteiger partial charge in [0, 0.05) is 6.54 Å². The minimum atomic E-state index is 0.147. The molecule has 0 saturated heterocycles. The summed E-state index contributed by atoms with van der Waals surface area (Å²) in [6.45, 7) is 11.2. The highest BCUT2D eigenvalue weighted by molar-refractivity contribution is 5.52. The fourth-order valence-electron chi connectivity index (χ4n) is 1.37. The standard InChI is InChI=1S/C12H23N3O/c1-6-7-15-12(11(13)9(4)14-15)16-10(5)8(2)3/h8,10H,6-7,13H2,1-5H3. The molecule has 0 aromatic carbocycles. The summed E-state index contributed by atoms with van der Waals surface area (Å²) >= 11 is 0. The summed E-state index contributed by atoms with van der Waals surface area (Å²) in [5.74, 6) is 1.19. The van der Waals surface area contributed by atoms with Crippen LogP contribution in [0.25, 0.3) is 0 Å². The first-order valence-electron chi connectivity index (χ1n) is 5.96. The van der Waals surface area contributed by atoms with Crippen molar-refractivity contribution < 1.29 is 4.74 Å². The number of anilines is 1. The van der Waals surface area contributed by atoms with Crippen molar-refractivity contribution in [1.29, 1.82) is 0 Å². The molecule has 2 N–H and O–H groups in total. The molecule has 0 aliphatic carbocycles. The number of aromatic nitrogens is 2. The Morgan fingerprint density at radius 3 is 2.50 bits per heavy atom. The zero-order valence-corrected chi connectivity index (χ0v) is 10.9. The molecule has 0 bridgehead atoms. The molecule has 0 spiro atoms. The molecule has 1 atom stereocenters. The van der Waals surface area contributed by atoms with E-state index in [4.69, 9.17) is 10.5 Å². The van der Waals surface area contributed by atoms with Gasteiger partial charge in [0.25, 0.3) is 0 Å². The molecule has 1 aromatic heterocycles. The molecule has 1 aromatic rings. The van der Waals surface area contributed by atoms with Gasteiger partial charge in [0.05, 0.1) is 11.8 Å². The highest BCUT2D eigenvalue weighted by Gasteiger charge is 2.17. The minimum absolute atomic E-state index is 0.147. The largest absolute Gasteiger partial charge is 0.473 e. The Bertz CT molecular complexity index is 344. The number of nitrogens with two attached hydrogens (primary N) is 1. The number of nitrogen functional groups attached to an aromatic ring is 1. The van der Waals surface area contributed by atoms with Crippen LogP contribution in [0.1, 0.15) is 39.8 Å². The molecule has 0 aliphatic heterocycles. The first-order chi connectivity index (χ1) is 7.47. The van der Waals surface area contributed by atoms with Gasteiger partial charge in [-0.1, -0.05) is 20.8 Å². The van der Waals surface area contributed by atoms with Crippen molar-refractivity contribution in [3.8, 4) is 5.88 Å². The number of hydrogen-bond acceptors (Lipinski definition) is 3. The molecule has 0 saturated carbocycles. The number of hydrogen-bond donors (Lipinski definition) is 1. The van der Waals surface area contributed by atoms with E-state index in [0.717, 1.165) is 24.5 Å². The van der Waals surface area contributed by atoms with Crippen LogP contribution in [0.3, 0.4) is 0 Å². The van der Waals surface area contributed by atoms with E-state index in [2.05, 4.69) is 32.8 Å². The Morgan fingerprint density at radius 1 is 1.38 bits per heavy atom. The van der Waals surface area contributed by atoms with Crippen molar-refractivity contribution in [1.82, 2.24) is 9.78 Å². The zero-order valence-electron chi connectivity index (χ0n) is 10.9. The Kier molecular flexibility index (Phi) is 4.21. The van der Waals surface area contributed by atoms with Crippen LogP contribution in [0.5, 0.6) is 5.88 Å². The third-order valence-corrected chi connectivity index (χ3v) is 2.80. The van der Waals surface area contributed by atoms with Crippen molar-refractivity contribution >= 4 is 5.69 Å². The summed E-state index contributed by atoms with van der Waals surface area (Å²) < 4.78 is 7.75. The third-order valence-electron chi connectivity index (χ3n) is 2.80. The number of rotatable bonds is 5. The van der Waals surface area contributed by atoms with Gasteiger partial charge >= 0.3 is 0 Å². The summed E-state index contributed by atoms with van der Waals surface area (Å²) in [7, 11) is 0. The molecule has 4 heteroatoms. The lowest BCUT2D eigenvalue weighted by molar-refractivity contribution is 0.154. The number of nitrogens with zero attached hydrogens (tertiary/aromatic N) is 2. The summed E-state index contributed by atoms with van der Waals surface area (Å²) in [5, 5.41) is 4.38. The molecule has 16 heavy (non-hydrogen) atoms. The molecule has 0 aliphatic rings. The van der Waals surface area contributed by atoms with E-state index in [0.29, 0.717) is 11.6 Å². The monoisotopic (exact) mass is 225 g/mol. The minimum Gasteiger partial charge on any atom is -0.473 e. The normalized spacial score (nSPS) is 13.1. The molecule has 0 amide bonds. The van der Waals surface area contributed by atoms with Crippen molar-refractivity contribution in [3.05, 3.63) is 5.69 Å². The Hall–Kier alpha value is -1.19. The average Bonchev–Trinajstić information content (AvgIpc) is 2.46. The summed E-state index contributed by atoms with van der Waals surface area (Å²) in [6, 6.07) is 0. The third kappa shape index (κ3) is 2.68. The van der Waals surface area contributed by atoms with E-state index >= 15 is 0 Å². The first-order valence-corrected chi connectivity index (χ1v) is 5.96. The van der Waals surface area contributed by atoms with Crippen molar-refractivity contribution in [2.24, 2.45) is 5.92 Å². The molecule has 0 fully saturated rings. The fourth-order valence-corrected chi connectivity index (χ4v) is 1.37. The molecule has 4 nitrogen and oxygen atoms in total. The molecule has 1 heterocycles. The molecule has 92 valence electrons. The van der Waals surface area contributed by atoms with Gasteiger partial charge in [-0.25, -0.2) is 4.68 Å². The predicted octanol–water partition coefficient (Wildman–Crippen LogP) is 2.61. The van der Waals surface area contributed by atoms with E-state index in [1.807, 2.05) is 11.6 Å². The van der Waals surface area contributed by atoms with Crippen LogP contribution in [0.4, 0.5) is 5.69 Å². The molecule has 1 rings (SSSR count). The van der Waals surface area contributed by atoms with Gasteiger partial charge < -0.3 is 10.5 Å². The second-order valence-electron chi connectivity index (χ2n) is 4.59. The van der Waals surface area contributed by atoms with Crippen LogP contribution in [0, 0.1) is 12.8 Å². The maximum atomic E-state index is 5.97. The topological polar surface area (TPSA) is 53.1 Å². The second kappa shape index (κ2) is 5.23. The van der Waals surface area contributed by atoms with Crippen molar-refractivity contribution in [3.63, 3.8) is 0 Å². The lowest BCUT2D eigenvalue weighted by atomic mass is 10.1. The van der Waals surface area contributed by atoms with E-state index in [9.17, 15) is 0 Å². The van der Waals surface area contributed by atoms with Gasteiger partial charge in [-0.15, -0.1) is 0 Å². The van der Waals surface area contributed by atoms with Gasteiger partial charge in [0.1, 0.15) is 5.69 Å². The fraction of sp³-hybridized carbons (Fsp3) is 0.750. The van der Waals surface area contributed by atoms with Crippen molar-refractivity contribution in [2.75, 3.05) is 5.73 Å². The zero-order chi connectivity index (χ0) is 12.3. The van der Waals surface area contributed by atoms with Crippen molar-refractivity contribution in [2.45, 2.75) is 53.7 Å². The number of ether oxygens (including phenoxy) is 1. The van der Waals surface area contributed by atoms with Gasteiger partial charge in [0.15, 0.2) is 0 Å². The van der Waals surface area contributed by atoms with Crippen LogP contribution in [0.15, 0.2) is 0 Å². The van der Waals surface area contributed by atoms with E-state index < -0.39 is 0 Å². The summed E-state index contributed by atoms with van der Waals surface area (Å²) in [5.41, 5.74) is 7.49.